The smallest absolute Gasteiger partial charge is 0.319 e. The molecule has 0 aromatic carbocycles. The Morgan fingerprint density at radius 1 is 1.38 bits per heavy atom. The molecule has 1 aromatic heterocycles. The van der Waals surface area contributed by atoms with Crippen molar-refractivity contribution in [2.45, 2.75) is 38.1 Å². The van der Waals surface area contributed by atoms with E-state index in [4.69, 9.17) is 10.5 Å². The number of likely N-dealkylation sites (N-methyl/N-ethyl adjacent to an activating group) is 1. The van der Waals surface area contributed by atoms with Crippen molar-refractivity contribution >= 4 is 23.9 Å². The lowest BCUT2D eigenvalue weighted by atomic mass is 10.1. The van der Waals surface area contributed by atoms with Crippen molar-refractivity contribution in [3.05, 3.63) is 23.9 Å². The number of ether oxygens (including phenoxy) is 1. The third-order valence-electron chi connectivity index (χ3n) is 4.96. The molecule has 2 unspecified atom stereocenters. The van der Waals surface area contributed by atoms with Crippen LogP contribution < -0.4 is 21.7 Å². The number of halogens is 1. The average molecular weight is 406 g/mol. The van der Waals surface area contributed by atoms with Crippen LogP contribution in [-0.4, -0.2) is 64.5 Å². The molecule has 1 saturated heterocycles. The van der Waals surface area contributed by atoms with E-state index in [9.17, 15) is 9.18 Å². The predicted molar refractivity (Wildman–Crippen MR) is 108 cm³/mol. The molecule has 10 nitrogen and oxygen atoms in total. The van der Waals surface area contributed by atoms with Crippen molar-refractivity contribution in [2.24, 2.45) is 5.73 Å². The van der Waals surface area contributed by atoms with Gasteiger partial charge in [0.2, 0.25) is 23.7 Å². The van der Waals surface area contributed by atoms with Crippen LogP contribution in [-0.2, 0) is 4.74 Å². The summed E-state index contributed by atoms with van der Waals surface area (Å²) in [6.07, 6.45) is 6.81. The molecule has 1 aliphatic carbocycles. The van der Waals surface area contributed by atoms with Crippen molar-refractivity contribution < 1.29 is 13.9 Å². The first-order chi connectivity index (χ1) is 13.9. The van der Waals surface area contributed by atoms with Crippen LogP contribution in [0.4, 0.5) is 27.0 Å². The third kappa shape index (κ3) is 5.61. The summed E-state index contributed by atoms with van der Waals surface area (Å²) in [5.74, 6) is -1.45. The monoisotopic (exact) mass is 406 g/mol. The molecule has 2 aliphatic rings. The van der Waals surface area contributed by atoms with Crippen molar-refractivity contribution in [1.29, 1.82) is 0 Å². The van der Waals surface area contributed by atoms with Gasteiger partial charge in [-0.1, -0.05) is 13.0 Å². The Bertz CT molecular complexity index is 802. The first-order valence-electron chi connectivity index (χ1n) is 9.60. The fraction of sp³-hybridized carbons (Fsp3) is 0.556. The zero-order valence-corrected chi connectivity index (χ0v) is 16.6. The summed E-state index contributed by atoms with van der Waals surface area (Å²) >= 11 is 0. The number of nitrogens with one attached hydrogen (secondary N) is 3. The number of aromatic nitrogens is 3. The highest BCUT2D eigenvalue weighted by molar-refractivity contribution is 5.85. The number of nitrogens with two attached hydrogens (primary N) is 1. The average Bonchev–Trinajstić information content (AvgIpc) is 3.13. The predicted octanol–water partition coefficient (Wildman–Crippen LogP) is 1.83. The molecule has 0 saturated carbocycles. The SMILES string of the molecule is CCN1CCCC1CNc1nc(NC(N)=O)nc(NC2=CC=CC(F)(OC)C2)n1. The standard InChI is InChI=1S/C18H27FN8O2/c1-3-27-9-5-7-13(27)11-21-15-24-16(26-17(25-15)23-14(20)28)22-12-6-4-8-18(19,10-12)29-2/h4,6,8,13H,3,5,7,9-11H2,1-2H3,(H5,20,21,22,23,24,25,26,28). The molecule has 0 spiro atoms. The number of urea groups is 1. The van der Waals surface area contributed by atoms with E-state index in [1.54, 1.807) is 12.2 Å². The normalized spacial score (nSPS) is 24.2. The molecule has 0 radical (unpaired) electrons. The van der Waals surface area contributed by atoms with Gasteiger partial charge in [0.05, 0.1) is 6.42 Å². The first-order valence-corrected chi connectivity index (χ1v) is 9.60. The Morgan fingerprint density at radius 2 is 2.14 bits per heavy atom. The van der Waals surface area contributed by atoms with Gasteiger partial charge in [-0.25, -0.2) is 9.18 Å². The van der Waals surface area contributed by atoms with E-state index in [0.29, 0.717) is 24.2 Å². The molecule has 2 atom stereocenters. The van der Waals surface area contributed by atoms with Crippen molar-refractivity contribution in [1.82, 2.24) is 19.9 Å². The first kappa shape index (κ1) is 20.9. The van der Waals surface area contributed by atoms with Gasteiger partial charge in [0, 0.05) is 25.4 Å². The minimum Gasteiger partial charge on any atom is -0.352 e. The molecule has 158 valence electrons. The zero-order valence-electron chi connectivity index (χ0n) is 16.6. The van der Waals surface area contributed by atoms with Crippen LogP contribution in [0.15, 0.2) is 23.9 Å². The summed E-state index contributed by atoms with van der Waals surface area (Å²) in [5, 5.41) is 8.51. The van der Waals surface area contributed by atoms with Crippen LogP contribution >= 0.6 is 0 Å². The van der Waals surface area contributed by atoms with E-state index in [2.05, 4.69) is 42.7 Å². The molecular formula is C18H27FN8O2. The number of primary amides is 1. The molecule has 2 heterocycles. The Labute approximate surface area is 168 Å². The van der Waals surface area contributed by atoms with E-state index in [0.717, 1.165) is 25.9 Å². The molecule has 5 N–H and O–H groups in total. The maximum Gasteiger partial charge on any atom is 0.319 e. The van der Waals surface area contributed by atoms with Crippen molar-refractivity contribution in [3.63, 3.8) is 0 Å². The molecule has 29 heavy (non-hydrogen) atoms. The second-order valence-corrected chi connectivity index (χ2v) is 6.94. The molecule has 1 aromatic rings. The Kier molecular flexibility index (Phi) is 6.60. The summed E-state index contributed by atoms with van der Waals surface area (Å²) in [6, 6.07) is -0.399. The van der Waals surface area contributed by atoms with E-state index >= 15 is 0 Å². The molecule has 1 aliphatic heterocycles. The highest BCUT2D eigenvalue weighted by Gasteiger charge is 2.29. The Hall–Kier alpha value is -2.79. The lowest BCUT2D eigenvalue weighted by molar-refractivity contribution is -0.0785. The van der Waals surface area contributed by atoms with Gasteiger partial charge >= 0.3 is 6.03 Å². The van der Waals surface area contributed by atoms with E-state index in [1.165, 1.54) is 13.2 Å². The number of carbonyl (C=O) groups is 1. The number of amides is 2. The summed E-state index contributed by atoms with van der Waals surface area (Å²) in [5.41, 5.74) is 5.71. The molecule has 1 fully saturated rings. The van der Waals surface area contributed by atoms with Crippen LogP contribution in [0.25, 0.3) is 0 Å². The lowest BCUT2D eigenvalue weighted by Crippen LogP contribution is -2.35. The number of likely N-dealkylation sites (tertiary alicyclic amines) is 1. The highest BCUT2D eigenvalue weighted by atomic mass is 19.2. The maximum absolute atomic E-state index is 14.4. The Morgan fingerprint density at radius 3 is 2.86 bits per heavy atom. The van der Waals surface area contributed by atoms with Gasteiger partial charge in [-0.2, -0.15) is 15.0 Å². The van der Waals surface area contributed by atoms with Gasteiger partial charge in [0.15, 0.2) is 0 Å². The quantitative estimate of drug-likeness (QED) is 0.514. The molecule has 11 heteroatoms. The number of carbonyl (C=O) groups excluding carboxylic acids is 1. The van der Waals surface area contributed by atoms with Crippen LogP contribution in [0.3, 0.4) is 0 Å². The second-order valence-electron chi connectivity index (χ2n) is 6.94. The topological polar surface area (TPSA) is 130 Å². The van der Waals surface area contributed by atoms with Gasteiger partial charge in [-0.05, 0) is 38.1 Å². The zero-order chi connectivity index (χ0) is 20.9. The van der Waals surface area contributed by atoms with Gasteiger partial charge in [0.1, 0.15) is 0 Å². The number of anilines is 3. The van der Waals surface area contributed by atoms with E-state index in [-0.39, 0.29) is 18.3 Å². The van der Waals surface area contributed by atoms with Gasteiger partial charge in [-0.3, -0.25) is 10.2 Å². The second kappa shape index (κ2) is 9.14. The van der Waals surface area contributed by atoms with Crippen LogP contribution in [0.2, 0.25) is 0 Å². The lowest BCUT2D eigenvalue weighted by Gasteiger charge is -2.24. The van der Waals surface area contributed by atoms with Gasteiger partial charge in [-0.15, -0.1) is 0 Å². The molecular weight excluding hydrogens is 379 g/mol. The minimum absolute atomic E-state index is 0.00137. The molecule has 3 rings (SSSR count). The summed E-state index contributed by atoms with van der Waals surface area (Å²) in [4.78, 5) is 26.3. The third-order valence-corrected chi connectivity index (χ3v) is 4.96. The molecule has 0 bridgehead atoms. The number of nitrogens with zero attached hydrogens (tertiary/aromatic N) is 4. The van der Waals surface area contributed by atoms with Crippen LogP contribution in [0.1, 0.15) is 26.2 Å². The number of hydrogen-bond acceptors (Lipinski definition) is 8. The van der Waals surface area contributed by atoms with Crippen LogP contribution in [0.5, 0.6) is 0 Å². The van der Waals surface area contributed by atoms with Crippen molar-refractivity contribution in [2.75, 3.05) is 42.7 Å². The number of allylic oxidation sites excluding steroid dienone is 2. The largest absolute Gasteiger partial charge is 0.352 e. The number of alkyl halides is 1. The highest BCUT2D eigenvalue weighted by Crippen LogP contribution is 2.28. The minimum atomic E-state index is -1.90. The molecule has 2 amide bonds. The maximum atomic E-state index is 14.4. The summed E-state index contributed by atoms with van der Waals surface area (Å²) < 4.78 is 19.3. The number of hydrogen-bond donors (Lipinski definition) is 4. The van der Waals surface area contributed by atoms with Gasteiger partial charge in [0.25, 0.3) is 0 Å². The van der Waals surface area contributed by atoms with E-state index < -0.39 is 11.9 Å². The summed E-state index contributed by atoms with van der Waals surface area (Å²) in [6.45, 7) is 4.86. The van der Waals surface area contributed by atoms with Gasteiger partial charge < -0.3 is 21.1 Å². The number of methoxy groups -OCH3 is 1. The summed E-state index contributed by atoms with van der Waals surface area (Å²) in [7, 11) is 1.30. The van der Waals surface area contributed by atoms with E-state index in [1.807, 2.05) is 0 Å². The van der Waals surface area contributed by atoms with Crippen LogP contribution in [0, 0.1) is 0 Å². The fourth-order valence-corrected chi connectivity index (χ4v) is 3.48. The number of rotatable bonds is 8. The van der Waals surface area contributed by atoms with Crippen molar-refractivity contribution in [3.8, 4) is 0 Å². The Balaban J connectivity index is 1.74. The fourth-order valence-electron chi connectivity index (χ4n) is 3.48.